The topological polar surface area (TPSA) is 65.1 Å². The van der Waals surface area contributed by atoms with Crippen LogP contribution in [0.4, 0.5) is 4.79 Å². The Balaban J connectivity index is 4.10. The molecule has 0 aromatic heterocycles. The Hall–Kier alpha value is -1.30. The highest BCUT2D eigenvalue weighted by molar-refractivity contribution is 5.68. The molecule has 0 aliphatic carbocycles. The molecule has 24 heavy (non-hydrogen) atoms. The zero-order chi connectivity index (χ0) is 19.0. The molecule has 0 aromatic rings. The number of carbonyl (C=O) groups is 2. The van der Waals surface area contributed by atoms with Gasteiger partial charge in [0.2, 0.25) is 0 Å². The molecule has 1 amide bonds. The maximum atomic E-state index is 12.2. The van der Waals surface area contributed by atoms with E-state index in [1.54, 1.807) is 4.90 Å². The average molecular weight is 345 g/mol. The lowest BCUT2D eigenvalue weighted by atomic mass is 10.1. The average Bonchev–Trinajstić information content (AvgIpc) is 2.32. The second-order valence-corrected chi connectivity index (χ2v) is 7.88. The molecular weight excluding hydrogens is 310 g/mol. The summed E-state index contributed by atoms with van der Waals surface area (Å²) in [5.74, 6) is -0.312. The van der Waals surface area contributed by atoms with Crippen LogP contribution in [0.2, 0.25) is 0 Å². The fourth-order valence-corrected chi connectivity index (χ4v) is 2.10. The van der Waals surface area contributed by atoms with E-state index in [9.17, 15) is 9.59 Å². The molecule has 0 fully saturated rings. The van der Waals surface area contributed by atoms with Gasteiger partial charge in [-0.1, -0.05) is 0 Å². The fraction of sp³-hybridized carbons (Fsp3) is 0.889. The van der Waals surface area contributed by atoms with Crippen LogP contribution in [0.3, 0.4) is 0 Å². The van der Waals surface area contributed by atoms with Gasteiger partial charge in [0.05, 0.1) is 6.61 Å². The van der Waals surface area contributed by atoms with Crippen molar-refractivity contribution in [3.63, 3.8) is 0 Å². The molecule has 6 heteroatoms. The molecule has 0 spiro atoms. The molecule has 0 radical (unpaired) electrons. The summed E-state index contributed by atoms with van der Waals surface area (Å²) < 4.78 is 16.2. The van der Waals surface area contributed by atoms with Crippen LogP contribution in [0.25, 0.3) is 0 Å². The standard InChI is InChI=1S/C18H35NO5/c1-14(2)19(16(21)24-17(4,5)6)11-9-10-12-22-13-18(7,8)23-15(3)20/h14H,9-13H2,1-8H3. The number of amides is 1. The normalized spacial score (nSPS) is 12.2. The first-order chi connectivity index (χ1) is 10.8. The van der Waals surface area contributed by atoms with Crippen LogP contribution in [0.15, 0.2) is 0 Å². The quantitative estimate of drug-likeness (QED) is 0.470. The van der Waals surface area contributed by atoms with Gasteiger partial charge in [0.1, 0.15) is 11.2 Å². The third-order valence-corrected chi connectivity index (χ3v) is 3.06. The van der Waals surface area contributed by atoms with Gasteiger partial charge in [0.25, 0.3) is 0 Å². The van der Waals surface area contributed by atoms with Crippen molar-refractivity contribution in [1.29, 1.82) is 0 Å². The minimum atomic E-state index is -0.619. The van der Waals surface area contributed by atoms with Crippen molar-refractivity contribution in [2.45, 2.75) is 85.5 Å². The van der Waals surface area contributed by atoms with Gasteiger partial charge in [-0.15, -0.1) is 0 Å². The molecule has 0 aliphatic rings. The Labute approximate surface area is 146 Å². The smallest absolute Gasteiger partial charge is 0.410 e. The predicted molar refractivity (Wildman–Crippen MR) is 94.0 cm³/mol. The number of rotatable bonds is 9. The molecular formula is C18H35NO5. The molecule has 6 nitrogen and oxygen atoms in total. The van der Waals surface area contributed by atoms with E-state index in [-0.39, 0.29) is 18.1 Å². The Morgan fingerprint density at radius 3 is 2.04 bits per heavy atom. The molecule has 0 aromatic carbocycles. The third kappa shape index (κ3) is 11.3. The minimum absolute atomic E-state index is 0.0867. The van der Waals surface area contributed by atoms with Crippen molar-refractivity contribution in [1.82, 2.24) is 4.90 Å². The molecule has 0 atom stereocenters. The van der Waals surface area contributed by atoms with Crippen molar-refractivity contribution in [3.8, 4) is 0 Å². The molecule has 142 valence electrons. The number of unbranched alkanes of at least 4 members (excludes halogenated alkanes) is 1. The van der Waals surface area contributed by atoms with Crippen LogP contribution in [0.1, 0.15) is 68.2 Å². The second-order valence-electron chi connectivity index (χ2n) is 7.88. The van der Waals surface area contributed by atoms with Crippen molar-refractivity contribution >= 4 is 12.1 Å². The zero-order valence-electron chi connectivity index (χ0n) is 16.6. The summed E-state index contributed by atoms with van der Waals surface area (Å²) >= 11 is 0. The summed E-state index contributed by atoms with van der Waals surface area (Å²) in [6, 6.07) is 0.0867. The largest absolute Gasteiger partial charge is 0.457 e. The van der Waals surface area contributed by atoms with Gasteiger partial charge >= 0.3 is 12.1 Å². The maximum Gasteiger partial charge on any atom is 0.410 e. The first-order valence-corrected chi connectivity index (χ1v) is 8.61. The van der Waals surface area contributed by atoms with E-state index in [1.165, 1.54) is 6.92 Å². The van der Waals surface area contributed by atoms with Crippen LogP contribution in [-0.2, 0) is 19.0 Å². The number of hydrogen-bond acceptors (Lipinski definition) is 5. The van der Waals surface area contributed by atoms with Gasteiger partial charge in [0.15, 0.2) is 0 Å². The van der Waals surface area contributed by atoms with Crippen molar-refractivity contribution in [2.24, 2.45) is 0 Å². The lowest BCUT2D eigenvalue weighted by Gasteiger charge is -2.30. The number of hydrogen-bond donors (Lipinski definition) is 0. The van der Waals surface area contributed by atoms with Crippen molar-refractivity contribution < 1.29 is 23.8 Å². The SMILES string of the molecule is CC(=O)OC(C)(C)COCCCCN(C(=O)OC(C)(C)C)C(C)C. The first-order valence-electron chi connectivity index (χ1n) is 8.61. The predicted octanol–water partition coefficient (Wildman–Crippen LogP) is 3.77. The Morgan fingerprint density at radius 1 is 1.00 bits per heavy atom. The highest BCUT2D eigenvalue weighted by Gasteiger charge is 2.24. The number of esters is 1. The molecule has 0 saturated heterocycles. The summed E-state index contributed by atoms with van der Waals surface area (Å²) in [6.45, 7) is 16.1. The van der Waals surface area contributed by atoms with Gasteiger partial charge < -0.3 is 19.1 Å². The van der Waals surface area contributed by atoms with Gasteiger partial charge in [-0.25, -0.2) is 4.79 Å². The molecule has 0 saturated carbocycles. The Morgan fingerprint density at radius 2 is 1.58 bits per heavy atom. The van der Waals surface area contributed by atoms with Gasteiger partial charge in [0, 0.05) is 26.1 Å². The number of nitrogens with zero attached hydrogens (tertiary/aromatic N) is 1. The van der Waals surface area contributed by atoms with Crippen LogP contribution in [-0.4, -0.2) is 54.0 Å². The number of carbonyl (C=O) groups excluding carboxylic acids is 2. The van der Waals surface area contributed by atoms with E-state index in [0.717, 1.165) is 12.8 Å². The number of ether oxygens (including phenoxy) is 3. The van der Waals surface area contributed by atoms with E-state index in [2.05, 4.69) is 0 Å². The summed E-state index contributed by atoms with van der Waals surface area (Å²) in [5, 5.41) is 0. The van der Waals surface area contributed by atoms with E-state index in [4.69, 9.17) is 14.2 Å². The minimum Gasteiger partial charge on any atom is -0.457 e. The second kappa shape index (κ2) is 9.87. The summed E-state index contributed by atoms with van der Waals surface area (Å²) in [6.07, 6.45) is 1.36. The molecule has 0 unspecified atom stereocenters. The van der Waals surface area contributed by atoms with Gasteiger partial charge in [-0.2, -0.15) is 0 Å². The Bertz CT molecular complexity index is 399. The molecule has 0 rings (SSSR count). The highest BCUT2D eigenvalue weighted by atomic mass is 16.6. The van der Waals surface area contributed by atoms with Crippen LogP contribution >= 0.6 is 0 Å². The van der Waals surface area contributed by atoms with Crippen molar-refractivity contribution in [2.75, 3.05) is 19.8 Å². The maximum absolute atomic E-state index is 12.2. The summed E-state index contributed by atoms with van der Waals surface area (Å²) in [7, 11) is 0. The van der Waals surface area contributed by atoms with Crippen molar-refractivity contribution in [3.05, 3.63) is 0 Å². The summed E-state index contributed by atoms with van der Waals surface area (Å²) in [4.78, 5) is 24.9. The molecule has 0 bridgehead atoms. The zero-order valence-corrected chi connectivity index (χ0v) is 16.6. The highest BCUT2D eigenvalue weighted by Crippen LogP contribution is 2.13. The molecule has 0 heterocycles. The van der Waals surface area contributed by atoms with Crippen LogP contribution in [0.5, 0.6) is 0 Å². The monoisotopic (exact) mass is 345 g/mol. The van der Waals surface area contributed by atoms with Crippen LogP contribution < -0.4 is 0 Å². The Kier molecular flexibility index (Phi) is 9.33. The van der Waals surface area contributed by atoms with Gasteiger partial charge in [-0.05, 0) is 61.3 Å². The lowest BCUT2D eigenvalue weighted by molar-refractivity contribution is -0.159. The molecule has 0 aliphatic heterocycles. The third-order valence-electron chi connectivity index (χ3n) is 3.06. The fourth-order valence-electron chi connectivity index (χ4n) is 2.10. The van der Waals surface area contributed by atoms with E-state index in [0.29, 0.717) is 19.8 Å². The lowest BCUT2D eigenvalue weighted by Crippen LogP contribution is -2.41. The van der Waals surface area contributed by atoms with Crippen LogP contribution in [0, 0.1) is 0 Å². The van der Waals surface area contributed by atoms with E-state index in [1.807, 2.05) is 48.5 Å². The summed E-state index contributed by atoms with van der Waals surface area (Å²) in [5.41, 5.74) is -1.11. The van der Waals surface area contributed by atoms with E-state index < -0.39 is 11.2 Å². The van der Waals surface area contributed by atoms with E-state index >= 15 is 0 Å². The first kappa shape index (κ1) is 22.7. The molecule has 0 N–H and O–H groups in total. The van der Waals surface area contributed by atoms with Gasteiger partial charge in [-0.3, -0.25) is 4.79 Å².